The van der Waals surface area contributed by atoms with Crippen LogP contribution in [0.15, 0.2) is 24.3 Å². The van der Waals surface area contributed by atoms with Crippen LogP contribution >= 0.6 is 11.8 Å². The first kappa shape index (κ1) is 13.4. The summed E-state index contributed by atoms with van der Waals surface area (Å²) in [6.07, 6.45) is 0. The van der Waals surface area contributed by atoms with Gasteiger partial charge < -0.3 is 5.32 Å². The maximum atomic E-state index is 12.9. The lowest BCUT2D eigenvalue weighted by Crippen LogP contribution is -2.21. The molecule has 0 bridgehead atoms. The largest absolute Gasteiger partial charge is 0.382 e. The zero-order chi connectivity index (χ0) is 12.2. The predicted octanol–water partition coefficient (Wildman–Crippen LogP) is 4.16. The number of anilines is 1. The molecule has 0 aromatic heterocycles. The highest BCUT2D eigenvalue weighted by Gasteiger charge is 2.12. The Morgan fingerprint density at radius 1 is 1.38 bits per heavy atom. The maximum absolute atomic E-state index is 12.9. The van der Waals surface area contributed by atoms with Gasteiger partial charge in [0.15, 0.2) is 0 Å². The van der Waals surface area contributed by atoms with Crippen molar-refractivity contribution in [1.82, 2.24) is 0 Å². The van der Waals surface area contributed by atoms with Crippen LogP contribution in [0.1, 0.15) is 27.7 Å². The number of hydrogen-bond acceptors (Lipinski definition) is 2. The number of benzene rings is 1. The molecule has 3 heteroatoms. The van der Waals surface area contributed by atoms with Crippen LogP contribution in [-0.4, -0.2) is 16.5 Å². The molecular weight excluding hydrogens is 221 g/mol. The van der Waals surface area contributed by atoms with Gasteiger partial charge in [0.05, 0.1) is 0 Å². The molecule has 0 aliphatic carbocycles. The molecule has 16 heavy (non-hydrogen) atoms. The molecule has 1 nitrogen and oxygen atoms in total. The van der Waals surface area contributed by atoms with Crippen LogP contribution in [0.4, 0.5) is 10.1 Å². The Morgan fingerprint density at radius 2 is 2.06 bits per heavy atom. The molecular formula is C13H20FNS. The summed E-state index contributed by atoms with van der Waals surface area (Å²) in [6, 6.07) is 6.94. The van der Waals surface area contributed by atoms with E-state index in [0.29, 0.717) is 6.04 Å². The smallest absolute Gasteiger partial charge is 0.125 e. The van der Waals surface area contributed by atoms with E-state index in [1.165, 1.54) is 12.1 Å². The highest BCUT2D eigenvalue weighted by molar-refractivity contribution is 8.00. The van der Waals surface area contributed by atoms with E-state index in [4.69, 9.17) is 0 Å². The van der Waals surface area contributed by atoms with E-state index < -0.39 is 0 Å². The molecule has 1 unspecified atom stereocenters. The quantitative estimate of drug-likeness (QED) is 0.849. The summed E-state index contributed by atoms with van der Waals surface area (Å²) in [5.74, 6) is 0.820. The summed E-state index contributed by atoms with van der Waals surface area (Å²) in [5, 5.41) is 3.29. The van der Waals surface area contributed by atoms with Gasteiger partial charge in [0.25, 0.3) is 0 Å². The Bertz CT molecular complexity index is 333. The van der Waals surface area contributed by atoms with Crippen molar-refractivity contribution >= 4 is 17.4 Å². The zero-order valence-electron chi connectivity index (χ0n) is 10.4. The monoisotopic (exact) mass is 241 g/mol. The molecule has 0 aliphatic rings. The summed E-state index contributed by atoms with van der Waals surface area (Å²) in [6.45, 7) is 8.72. The van der Waals surface area contributed by atoms with Crippen molar-refractivity contribution in [2.24, 2.45) is 0 Å². The van der Waals surface area contributed by atoms with Gasteiger partial charge in [-0.2, -0.15) is 11.8 Å². The Hall–Kier alpha value is -0.700. The van der Waals surface area contributed by atoms with Crippen LogP contribution in [-0.2, 0) is 0 Å². The van der Waals surface area contributed by atoms with Gasteiger partial charge >= 0.3 is 0 Å². The van der Waals surface area contributed by atoms with Crippen LogP contribution < -0.4 is 5.32 Å². The Balaban J connectivity index is 2.43. The van der Waals surface area contributed by atoms with Crippen LogP contribution in [0, 0.1) is 5.82 Å². The maximum Gasteiger partial charge on any atom is 0.125 e. The topological polar surface area (TPSA) is 12.0 Å². The average Bonchev–Trinajstić information content (AvgIpc) is 2.14. The van der Waals surface area contributed by atoms with E-state index in [0.717, 1.165) is 11.4 Å². The van der Waals surface area contributed by atoms with Gasteiger partial charge in [0.1, 0.15) is 5.82 Å². The summed E-state index contributed by atoms with van der Waals surface area (Å²) in [5.41, 5.74) is 0.849. The Morgan fingerprint density at radius 3 is 2.62 bits per heavy atom. The van der Waals surface area contributed by atoms with E-state index >= 15 is 0 Å². The number of halogens is 1. The van der Waals surface area contributed by atoms with Gasteiger partial charge in [-0.15, -0.1) is 0 Å². The van der Waals surface area contributed by atoms with Gasteiger partial charge in [-0.25, -0.2) is 4.39 Å². The molecule has 1 aromatic rings. The van der Waals surface area contributed by atoms with Crippen molar-refractivity contribution in [2.45, 2.75) is 38.5 Å². The lowest BCUT2D eigenvalue weighted by molar-refractivity contribution is 0.628. The molecule has 0 spiro atoms. The summed E-state index contributed by atoms with van der Waals surface area (Å²) >= 11 is 1.91. The molecule has 90 valence electrons. The molecule has 0 heterocycles. The Labute approximate surface area is 102 Å². The van der Waals surface area contributed by atoms with Gasteiger partial charge in [0, 0.05) is 22.2 Å². The molecule has 0 radical (unpaired) electrons. The lowest BCUT2D eigenvalue weighted by atomic mass is 10.2. The number of thioether (sulfide) groups is 1. The first-order chi connectivity index (χ1) is 7.37. The molecule has 0 saturated heterocycles. The van der Waals surface area contributed by atoms with Gasteiger partial charge in [-0.3, -0.25) is 0 Å². The normalized spacial score (nSPS) is 13.6. The van der Waals surface area contributed by atoms with Crippen molar-refractivity contribution < 1.29 is 4.39 Å². The van der Waals surface area contributed by atoms with Crippen LogP contribution in [0.5, 0.6) is 0 Å². The van der Waals surface area contributed by atoms with Gasteiger partial charge in [-0.1, -0.05) is 26.8 Å². The second-order valence-electron chi connectivity index (χ2n) is 4.98. The number of hydrogen-bond donors (Lipinski definition) is 1. The second-order valence-corrected chi connectivity index (χ2v) is 6.83. The minimum Gasteiger partial charge on any atom is -0.382 e. The number of rotatable bonds is 4. The second kappa shape index (κ2) is 5.58. The third-order valence-electron chi connectivity index (χ3n) is 2.00. The summed E-state index contributed by atoms with van der Waals surface area (Å²) in [4.78, 5) is 0. The van der Waals surface area contributed by atoms with Crippen molar-refractivity contribution in [1.29, 1.82) is 0 Å². The molecule has 1 aromatic carbocycles. The van der Waals surface area contributed by atoms with E-state index in [9.17, 15) is 4.39 Å². The zero-order valence-corrected chi connectivity index (χ0v) is 11.2. The van der Waals surface area contributed by atoms with E-state index in [2.05, 4.69) is 33.0 Å². The summed E-state index contributed by atoms with van der Waals surface area (Å²) < 4.78 is 13.2. The fourth-order valence-electron chi connectivity index (χ4n) is 1.28. The van der Waals surface area contributed by atoms with Gasteiger partial charge in [-0.05, 0) is 25.1 Å². The molecule has 1 rings (SSSR count). The van der Waals surface area contributed by atoms with Crippen molar-refractivity contribution in [2.75, 3.05) is 11.1 Å². The fourth-order valence-corrected chi connectivity index (χ4v) is 2.11. The molecule has 0 fully saturated rings. The SMILES string of the molecule is CC(CSC(C)(C)C)Nc1cccc(F)c1. The predicted molar refractivity (Wildman–Crippen MR) is 71.7 cm³/mol. The molecule has 1 atom stereocenters. The highest BCUT2D eigenvalue weighted by Crippen LogP contribution is 2.24. The van der Waals surface area contributed by atoms with Crippen LogP contribution in [0.2, 0.25) is 0 Å². The minimum atomic E-state index is -0.194. The highest BCUT2D eigenvalue weighted by atomic mass is 32.2. The van der Waals surface area contributed by atoms with E-state index in [-0.39, 0.29) is 10.6 Å². The van der Waals surface area contributed by atoms with Crippen molar-refractivity contribution in [3.8, 4) is 0 Å². The third kappa shape index (κ3) is 5.40. The first-order valence-electron chi connectivity index (χ1n) is 5.53. The standard InChI is InChI=1S/C13H20FNS/c1-10(9-16-13(2,3)4)15-12-7-5-6-11(14)8-12/h5-8,10,15H,9H2,1-4H3. The number of nitrogens with one attached hydrogen (secondary N) is 1. The van der Waals surface area contributed by atoms with Crippen molar-refractivity contribution in [3.63, 3.8) is 0 Å². The Kier molecular flexibility index (Phi) is 4.66. The van der Waals surface area contributed by atoms with Gasteiger partial charge in [0.2, 0.25) is 0 Å². The van der Waals surface area contributed by atoms with E-state index in [1.807, 2.05) is 17.8 Å². The molecule has 1 N–H and O–H groups in total. The minimum absolute atomic E-state index is 0.194. The average molecular weight is 241 g/mol. The fraction of sp³-hybridized carbons (Fsp3) is 0.538. The molecule has 0 amide bonds. The lowest BCUT2D eigenvalue weighted by Gasteiger charge is -2.22. The molecule has 0 saturated carbocycles. The van der Waals surface area contributed by atoms with Crippen LogP contribution in [0.25, 0.3) is 0 Å². The van der Waals surface area contributed by atoms with E-state index in [1.54, 1.807) is 6.07 Å². The third-order valence-corrected chi connectivity index (χ3v) is 3.54. The first-order valence-corrected chi connectivity index (χ1v) is 6.51. The molecule has 0 aliphatic heterocycles. The summed E-state index contributed by atoms with van der Waals surface area (Å²) in [7, 11) is 0. The van der Waals surface area contributed by atoms with Crippen molar-refractivity contribution in [3.05, 3.63) is 30.1 Å². The van der Waals surface area contributed by atoms with Crippen LogP contribution in [0.3, 0.4) is 0 Å².